The normalized spacial score (nSPS) is 35.9. The van der Waals surface area contributed by atoms with E-state index in [1.165, 1.54) is 0 Å². The van der Waals surface area contributed by atoms with Crippen LogP contribution < -0.4 is 5.73 Å². The quantitative estimate of drug-likeness (QED) is 0.637. The molecule has 0 amide bonds. The van der Waals surface area contributed by atoms with Crippen molar-refractivity contribution in [2.45, 2.75) is 32.4 Å². The third-order valence-electron chi connectivity index (χ3n) is 2.74. The van der Waals surface area contributed by atoms with Crippen LogP contribution in [0.3, 0.4) is 0 Å². The Morgan fingerprint density at radius 1 is 1.50 bits per heavy atom. The summed E-state index contributed by atoms with van der Waals surface area (Å²) in [6.45, 7) is 4.44. The van der Waals surface area contributed by atoms with E-state index in [1.54, 1.807) is 7.11 Å². The molecule has 0 aromatic heterocycles. The molecule has 0 bridgehead atoms. The van der Waals surface area contributed by atoms with Gasteiger partial charge in [0.15, 0.2) is 0 Å². The van der Waals surface area contributed by atoms with Gasteiger partial charge in [0.1, 0.15) is 0 Å². The Hall–Kier alpha value is -0.340. The molecule has 0 heterocycles. The summed E-state index contributed by atoms with van der Waals surface area (Å²) >= 11 is 0. The minimum absolute atomic E-state index is 0.117. The van der Waals surface area contributed by atoms with Gasteiger partial charge in [-0.05, 0) is 18.3 Å². The molecule has 1 aliphatic rings. The second kappa shape index (κ2) is 4.06. The fraction of sp³-hybridized carbons (Fsp3) is 0.800. The van der Waals surface area contributed by atoms with E-state index in [9.17, 15) is 0 Å². The SMILES string of the molecule is COC1C=CCC(C(C)C)C1N. The van der Waals surface area contributed by atoms with Gasteiger partial charge >= 0.3 is 0 Å². The molecule has 0 aromatic carbocycles. The molecule has 0 fully saturated rings. The third kappa shape index (κ3) is 1.87. The van der Waals surface area contributed by atoms with Gasteiger partial charge in [-0.15, -0.1) is 0 Å². The topological polar surface area (TPSA) is 35.2 Å². The first-order valence-corrected chi connectivity index (χ1v) is 4.62. The number of nitrogens with two attached hydrogens (primary N) is 1. The Kier molecular flexibility index (Phi) is 3.29. The van der Waals surface area contributed by atoms with Gasteiger partial charge < -0.3 is 10.5 Å². The van der Waals surface area contributed by atoms with E-state index in [0.717, 1.165) is 6.42 Å². The maximum atomic E-state index is 6.06. The summed E-state index contributed by atoms with van der Waals surface area (Å²) in [4.78, 5) is 0. The van der Waals surface area contributed by atoms with Crippen LogP contribution in [0, 0.1) is 11.8 Å². The Bertz CT molecular complexity index is 165. The summed E-state index contributed by atoms with van der Waals surface area (Å²) in [5.74, 6) is 1.21. The van der Waals surface area contributed by atoms with Crippen molar-refractivity contribution < 1.29 is 4.74 Å². The molecule has 2 heteroatoms. The molecule has 3 unspecified atom stereocenters. The molecule has 1 aliphatic carbocycles. The van der Waals surface area contributed by atoms with Crippen LogP contribution in [-0.4, -0.2) is 19.3 Å². The van der Waals surface area contributed by atoms with Crippen molar-refractivity contribution in [1.82, 2.24) is 0 Å². The number of allylic oxidation sites excluding steroid dienone is 1. The van der Waals surface area contributed by atoms with Gasteiger partial charge in [0.05, 0.1) is 6.10 Å². The lowest BCUT2D eigenvalue weighted by atomic mass is 9.80. The summed E-state index contributed by atoms with van der Waals surface area (Å²) in [6.07, 6.45) is 5.47. The van der Waals surface area contributed by atoms with E-state index < -0.39 is 0 Å². The van der Waals surface area contributed by atoms with Crippen LogP contribution >= 0.6 is 0 Å². The number of hydrogen-bond donors (Lipinski definition) is 1. The highest BCUT2D eigenvalue weighted by atomic mass is 16.5. The van der Waals surface area contributed by atoms with Crippen molar-refractivity contribution in [1.29, 1.82) is 0 Å². The Balaban J connectivity index is 2.63. The lowest BCUT2D eigenvalue weighted by Crippen LogP contribution is -2.45. The minimum atomic E-state index is 0.117. The summed E-state index contributed by atoms with van der Waals surface area (Å²) in [5, 5.41) is 0. The Morgan fingerprint density at radius 2 is 2.17 bits per heavy atom. The van der Waals surface area contributed by atoms with Crippen LogP contribution in [0.4, 0.5) is 0 Å². The van der Waals surface area contributed by atoms with Crippen molar-refractivity contribution in [3.63, 3.8) is 0 Å². The number of rotatable bonds is 2. The van der Waals surface area contributed by atoms with Gasteiger partial charge in [0, 0.05) is 13.2 Å². The van der Waals surface area contributed by atoms with Gasteiger partial charge in [0.25, 0.3) is 0 Å². The van der Waals surface area contributed by atoms with E-state index in [0.29, 0.717) is 11.8 Å². The van der Waals surface area contributed by atoms with Crippen LogP contribution in [0.5, 0.6) is 0 Å². The van der Waals surface area contributed by atoms with E-state index in [4.69, 9.17) is 10.5 Å². The van der Waals surface area contributed by atoms with E-state index in [2.05, 4.69) is 26.0 Å². The molecule has 12 heavy (non-hydrogen) atoms. The molecule has 3 atom stereocenters. The molecule has 0 radical (unpaired) electrons. The highest BCUT2D eigenvalue weighted by molar-refractivity contribution is 5.04. The number of hydrogen-bond acceptors (Lipinski definition) is 2. The van der Waals surface area contributed by atoms with Crippen molar-refractivity contribution in [3.05, 3.63) is 12.2 Å². The zero-order valence-corrected chi connectivity index (χ0v) is 8.16. The van der Waals surface area contributed by atoms with Crippen molar-refractivity contribution >= 4 is 0 Å². The van der Waals surface area contributed by atoms with Crippen LogP contribution in [-0.2, 0) is 4.74 Å². The molecular formula is C10H19NO. The molecule has 0 spiro atoms. The zero-order chi connectivity index (χ0) is 9.14. The van der Waals surface area contributed by atoms with Crippen LogP contribution in [0.1, 0.15) is 20.3 Å². The first kappa shape index (κ1) is 9.75. The van der Waals surface area contributed by atoms with E-state index in [-0.39, 0.29) is 12.1 Å². The minimum Gasteiger partial charge on any atom is -0.376 e. The molecule has 0 saturated heterocycles. The second-order valence-corrected chi connectivity index (χ2v) is 3.85. The maximum absolute atomic E-state index is 6.06. The largest absolute Gasteiger partial charge is 0.376 e. The highest BCUT2D eigenvalue weighted by Crippen LogP contribution is 2.26. The average Bonchev–Trinajstić information content (AvgIpc) is 2.04. The molecule has 1 rings (SSSR count). The molecule has 70 valence electrons. The molecule has 0 aliphatic heterocycles. The predicted octanol–water partition coefficient (Wildman–Crippen LogP) is 1.56. The summed E-state index contributed by atoms with van der Waals surface area (Å²) < 4.78 is 5.27. The lowest BCUT2D eigenvalue weighted by molar-refractivity contribution is 0.0805. The predicted molar refractivity (Wildman–Crippen MR) is 50.9 cm³/mol. The van der Waals surface area contributed by atoms with Gasteiger partial charge in [-0.3, -0.25) is 0 Å². The maximum Gasteiger partial charge on any atom is 0.0905 e. The number of ether oxygens (including phenoxy) is 1. The summed E-state index contributed by atoms with van der Waals surface area (Å²) in [5.41, 5.74) is 6.06. The van der Waals surface area contributed by atoms with Gasteiger partial charge in [0.2, 0.25) is 0 Å². The highest BCUT2D eigenvalue weighted by Gasteiger charge is 2.28. The smallest absolute Gasteiger partial charge is 0.0905 e. The number of methoxy groups -OCH3 is 1. The van der Waals surface area contributed by atoms with Crippen molar-refractivity contribution in [2.75, 3.05) is 7.11 Å². The first-order chi connectivity index (χ1) is 5.66. The first-order valence-electron chi connectivity index (χ1n) is 4.62. The fourth-order valence-corrected chi connectivity index (χ4v) is 1.85. The third-order valence-corrected chi connectivity index (χ3v) is 2.74. The van der Waals surface area contributed by atoms with Gasteiger partial charge in [-0.25, -0.2) is 0 Å². The van der Waals surface area contributed by atoms with Crippen molar-refractivity contribution in [2.24, 2.45) is 17.6 Å². The molecule has 0 saturated carbocycles. The molecule has 0 aromatic rings. The summed E-state index contributed by atoms with van der Waals surface area (Å²) in [7, 11) is 1.72. The van der Waals surface area contributed by atoms with Crippen LogP contribution in [0.25, 0.3) is 0 Å². The fourth-order valence-electron chi connectivity index (χ4n) is 1.85. The molecular weight excluding hydrogens is 150 g/mol. The second-order valence-electron chi connectivity index (χ2n) is 3.85. The average molecular weight is 169 g/mol. The molecule has 2 nitrogen and oxygen atoms in total. The molecule has 2 N–H and O–H groups in total. The Morgan fingerprint density at radius 3 is 2.67 bits per heavy atom. The van der Waals surface area contributed by atoms with Crippen LogP contribution in [0.15, 0.2) is 12.2 Å². The van der Waals surface area contributed by atoms with Crippen molar-refractivity contribution in [3.8, 4) is 0 Å². The standard InChI is InChI=1S/C10H19NO/c1-7(2)8-5-4-6-9(12-3)10(8)11/h4,6-10H,5,11H2,1-3H3. The monoisotopic (exact) mass is 169 g/mol. The summed E-state index contributed by atoms with van der Waals surface area (Å²) in [6, 6.07) is 0.167. The zero-order valence-electron chi connectivity index (χ0n) is 8.16. The van der Waals surface area contributed by atoms with Gasteiger partial charge in [-0.1, -0.05) is 26.0 Å². The Labute approximate surface area is 74.8 Å². The van der Waals surface area contributed by atoms with Crippen LogP contribution in [0.2, 0.25) is 0 Å². The van der Waals surface area contributed by atoms with Gasteiger partial charge in [-0.2, -0.15) is 0 Å². The lowest BCUT2D eigenvalue weighted by Gasteiger charge is -2.33. The van der Waals surface area contributed by atoms with E-state index in [1.807, 2.05) is 0 Å². The van der Waals surface area contributed by atoms with E-state index >= 15 is 0 Å².